The number of carbonyl (C=O) groups is 2. The zero-order valence-corrected chi connectivity index (χ0v) is 14.9. The molecule has 0 unspecified atom stereocenters. The zero-order valence-electron chi connectivity index (χ0n) is 14.9. The van der Waals surface area contributed by atoms with Crippen LogP contribution in [0.2, 0.25) is 0 Å². The van der Waals surface area contributed by atoms with Gasteiger partial charge in [0, 0.05) is 33.2 Å². The predicted molar refractivity (Wildman–Crippen MR) is 92.7 cm³/mol. The monoisotopic (exact) mass is 338 g/mol. The number of likely N-dealkylation sites (tertiary alicyclic amines) is 2. The van der Waals surface area contributed by atoms with E-state index in [1.165, 1.54) is 6.42 Å². The highest BCUT2D eigenvalue weighted by Gasteiger charge is 2.27. The van der Waals surface area contributed by atoms with E-state index in [1.54, 1.807) is 7.05 Å². The minimum absolute atomic E-state index is 0.0192. The lowest BCUT2D eigenvalue weighted by atomic mass is 9.97. The maximum atomic E-state index is 12.2. The number of amides is 1. The summed E-state index contributed by atoms with van der Waals surface area (Å²) >= 11 is 0. The smallest absolute Gasteiger partial charge is 0.309 e. The van der Waals surface area contributed by atoms with Crippen LogP contribution in [0.4, 0.5) is 0 Å². The van der Waals surface area contributed by atoms with Crippen LogP contribution in [-0.2, 0) is 14.3 Å². The highest BCUT2D eigenvalue weighted by Crippen LogP contribution is 2.18. The van der Waals surface area contributed by atoms with Gasteiger partial charge in [-0.1, -0.05) is 0 Å². The summed E-state index contributed by atoms with van der Waals surface area (Å²) in [5, 5.41) is 3.17. The first-order valence-corrected chi connectivity index (χ1v) is 9.05. The molecule has 2 aliphatic rings. The number of nitrogens with one attached hydrogen (secondary N) is 1. The molecular formula is C17H30N4O3. The van der Waals surface area contributed by atoms with Crippen LogP contribution >= 0.6 is 0 Å². The van der Waals surface area contributed by atoms with Crippen LogP contribution in [0, 0.1) is 5.92 Å². The number of ether oxygens (including phenoxy) is 1. The number of esters is 1. The Labute approximate surface area is 144 Å². The topological polar surface area (TPSA) is 74.2 Å². The lowest BCUT2D eigenvalue weighted by molar-refractivity contribution is -0.149. The summed E-state index contributed by atoms with van der Waals surface area (Å²) in [6, 6.07) is 0. The Morgan fingerprint density at radius 1 is 1.08 bits per heavy atom. The number of carbonyl (C=O) groups excluding carboxylic acids is 2. The summed E-state index contributed by atoms with van der Waals surface area (Å²) in [4.78, 5) is 32.4. The van der Waals surface area contributed by atoms with Crippen molar-refractivity contribution in [2.24, 2.45) is 10.9 Å². The van der Waals surface area contributed by atoms with Crippen molar-refractivity contribution < 1.29 is 14.3 Å². The Hall–Kier alpha value is -1.79. The van der Waals surface area contributed by atoms with Crippen LogP contribution in [0.1, 0.15) is 39.0 Å². The van der Waals surface area contributed by atoms with E-state index in [-0.39, 0.29) is 24.3 Å². The molecule has 0 saturated carbocycles. The van der Waals surface area contributed by atoms with Crippen LogP contribution in [-0.4, -0.2) is 74.0 Å². The Balaban J connectivity index is 1.76. The molecular weight excluding hydrogens is 308 g/mol. The van der Waals surface area contributed by atoms with Crippen LogP contribution in [0.5, 0.6) is 0 Å². The maximum Gasteiger partial charge on any atom is 0.309 e. The average molecular weight is 338 g/mol. The summed E-state index contributed by atoms with van der Waals surface area (Å²) in [6.07, 6.45) is 4.94. The molecule has 0 spiro atoms. The summed E-state index contributed by atoms with van der Waals surface area (Å²) in [7, 11) is 1.73. The molecule has 0 radical (unpaired) electrons. The van der Waals surface area contributed by atoms with Crippen molar-refractivity contribution in [2.75, 3.05) is 46.4 Å². The van der Waals surface area contributed by atoms with E-state index >= 15 is 0 Å². The van der Waals surface area contributed by atoms with E-state index in [1.807, 2.05) is 11.8 Å². The molecule has 1 amide bonds. The van der Waals surface area contributed by atoms with Gasteiger partial charge in [0.2, 0.25) is 5.91 Å². The van der Waals surface area contributed by atoms with Gasteiger partial charge < -0.3 is 19.9 Å². The molecule has 7 nitrogen and oxygen atoms in total. The number of piperidine rings is 2. The van der Waals surface area contributed by atoms with E-state index in [4.69, 9.17) is 4.74 Å². The maximum absolute atomic E-state index is 12.2. The molecule has 2 rings (SSSR count). The van der Waals surface area contributed by atoms with Crippen molar-refractivity contribution >= 4 is 17.8 Å². The van der Waals surface area contributed by atoms with Crippen LogP contribution < -0.4 is 5.32 Å². The fraction of sp³-hybridized carbons (Fsp3) is 0.824. The molecule has 2 fully saturated rings. The van der Waals surface area contributed by atoms with Gasteiger partial charge >= 0.3 is 5.97 Å². The van der Waals surface area contributed by atoms with E-state index in [0.29, 0.717) is 6.61 Å². The Morgan fingerprint density at radius 3 is 2.33 bits per heavy atom. The van der Waals surface area contributed by atoms with Crippen molar-refractivity contribution in [3.8, 4) is 0 Å². The highest BCUT2D eigenvalue weighted by atomic mass is 16.5. The molecule has 0 bridgehead atoms. The number of hydrogen-bond donors (Lipinski definition) is 1. The number of hydrogen-bond acceptors (Lipinski definition) is 4. The molecule has 7 heteroatoms. The molecule has 2 saturated heterocycles. The first kappa shape index (κ1) is 18.5. The SMILES string of the molecule is CCOC(=O)C1CCN(C(=NC)NCC(=O)N2CCCCC2)CC1. The largest absolute Gasteiger partial charge is 0.466 e. The molecule has 2 heterocycles. The second-order valence-corrected chi connectivity index (χ2v) is 6.36. The zero-order chi connectivity index (χ0) is 17.4. The number of rotatable bonds is 4. The fourth-order valence-corrected chi connectivity index (χ4v) is 3.33. The van der Waals surface area contributed by atoms with E-state index < -0.39 is 0 Å². The second-order valence-electron chi connectivity index (χ2n) is 6.36. The first-order chi connectivity index (χ1) is 11.7. The highest BCUT2D eigenvalue weighted by molar-refractivity contribution is 5.86. The van der Waals surface area contributed by atoms with E-state index in [0.717, 1.165) is 57.8 Å². The second kappa shape index (κ2) is 9.49. The lowest BCUT2D eigenvalue weighted by Gasteiger charge is -2.33. The van der Waals surface area contributed by atoms with Gasteiger partial charge in [-0.05, 0) is 39.0 Å². The molecule has 0 aliphatic carbocycles. The average Bonchev–Trinajstić information content (AvgIpc) is 2.63. The van der Waals surface area contributed by atoms with Crippen LogP contribution in [0.15, 0.2) is 4.99 Å². The summed E-state index contributed by atoms with van der Waals surface area (Å²) < 4.78 is 5.10. The third-order valence-electron chi connectivity index (χ3n) is 4.73. The molecule has 2 aliphatic heterocycles. The summed E-state index contributed by atoms with van der Waals surface area (Å²) in [5.41, 5.74) is 0. The number of aliphatic imine (C=N–C) groups is 1. The third kappa shape index (κ3) is 5.11. The van der Waals surface area contributed by atoms with Crippen molar-refractivity contribution in [1.82, 2.24) is 15.1 Å². The quantitative estimate of drug-likeness (QED) is 0.467. The normalized spacial score (nSPS) is 20.0. The first-order valence-electron chi connectivity index (χ1n) is 9.05. The molecule has 0 atom stereocenters. The van der Waals surface area contributed by atoms with E-state index in [9.17, 15) is 9.59 Å². The van der Waals surface area contributed by atoms with Crippen molar-refractivity contribution in [1.29, 1.82) is 0 Å². The van der Waals surface area contributed by atoms with Crippen LogP contribution in [0.25, 0.3) is 0 Å². The van der Waals surface area contributed by atoms with Gasteiger partial charge in [-0.3, -0.25) is 14.6 Å². The van der Waals surface area contributed by atoms with Gasteiger partial charge in [0.15, 0.2) is 5.96 Å². The van der Waals surface area contributed by atoms with Gasteiger partial charge in [-0.15, -0.1) is 0 Å². The Bertz CT molecular complexity index is 453. The molecule has 0 aromatic heterocycles. The molecule has 0 aromatic rings. The predicted octanol–water partition coefficient (Wildman–Crippen LogP) is 0.849. The van der Waals surface area contributed by atoms with Crippen molar-refractivity contribution in [2.45, 2.75) is 39.0 Å². The Morgan fingerprint density at radius 2 is 1.75 bits per heavy atom. The minimum Gasteiger partial charge on any atom is -0.466 e. The lowest BCUT2D eigenvalue weighted by Crippen LogP contribution is -2.50. The van der Waals surface area contributed by atoms with Gasteiger partial charge in [0.05, 0.1) is 19.1 Å². The molecule has 136 valence electrons. The summed E-state index contributed by atoms with van der Waals surface area (Å²) in [5.74, 6) is 0.759. The molecule has 0 aromatic carbocycles. The van der Waals surface area contributed by atoms with Gasteiger partial charge in [-0.25, -0.2) is 0 Å². The molecule has 1 N–H and O–H groups in total. The van der Waals surface area contributed by atoms with E-state index in [2.05, 4.69) is 15.2 Å². The number of nitrogens with zero attached hydrogens (tertiary/aromatic N) is 3. The molecule has 24 heavy (non-hydrogen) atoms. The van der Waals surface area contributed by atoms with Crippen molar-refractivity contribution in [3.63, 3.8) is 0 Å². The Kier molecular flexibility index (Phi) is 7.34. The van der Waals surface area contributed by atoms with Crippen LogP contribution in [0.3, 0.4) is 0 Å². The van der Waals surface area contributed by atoms with Crippen molar-refractivity contribution in [3.05, 3.63) is 0 Å². The fourth-order valence-electron chi connectivity index (χ4n) is 3.33. The summed E-state index contributed by atoms with van der Waals surface area (Å²) in [6.45, 7) is 5.78. The van der Waals surface area contributed by atoms with Gasteiger partial charge in [-0.2, -0.15) is 0 Å². The minimum atomic E-state index is -0.0969. The number of guanidine groups is 1. The standard InChI is InChI=1S/C17H30N4O3/c1-3-24-16(23)14-7-11-21(12-8-14)17(18-2)19-13-15(22)20-9-5-4-6-10-20/h14H,3-13H2,1-2H3,(H,18,19). The van der Waals surface area contributed by atoms with Gasteiger partial charge in [0.25, 0.3) is 0 Å². The van der Waals surface area contributed by atoms with Gasteiger partial charge in [0.1, 0.15) is 0 Å². The third-order valence-corrected chi connectivity index (χ3v) is 4.73.